The van der Waals surface area contributed by atoms with Gasteiger partial charge in [0.2, 0.25) is 0 Å². The highest BCUT2D eigenvalue weighted by Crippen LogP contribution is 2.37. The Morgan fingerprint density at radius 1 is 1.07 bits per heavy atom. The van der Waals surface area contributed by atoms with E-state index in [1.165, 1.54) is 27.1 Å². The number of hydrogen-bond donors (Lipinski definition) is 0. The summed E-state index contributed by atoms with van der Waals surface area (Å²) in [7, 11) is 0. The second-order valence-corrected chi connectivity index (χ2v) is 4.83. The molecule has 0 N–H and O–H groups in total. The van der Waals surface area contributed by atoms with Gasteiger partial charge in [0.25, 0.3) is 0 Å². The van der Waals surface area contributed by atoms with Gasteiger partial charge in [-0.05, 0) is 41.5 Å². The van der Waals surface area contributed by atoms with E-state index in [4.69, 9.17) is 0 Å². The topological polar surface area (TPSA) is 0 Å². The van der Waals surface area contributed by atoms with Crippen LogP contribution in [0.2, 0.25) is 0 Å². The summed E-state index contributed by atoms with van der Waals surface area (Å²) in [6.07, 6.45) is 3.39. The van der Waals surface area contributed by atoms with Gasteiger partial charge in [0.1, 0.15) is 0 Å². The quantitative estimate of drug-likeness (QED) is 0.608. The van der Waals surface area contributed by atoms with Gasteiger partial charge in [-0.3, -0.25) is 0 Å². The van der Waals surface area contributed by atoms with Crippen molar-refractivity contribution in [1.82, 2.24) is 0 Å². The van der Waals surface area contributed by atoms with Crippen LogP contribution in [-0.2, 0) is 6.42 Å². The van der Waals surface area contributed by atoms with E-state index in [1.54, 1.807) is 0 Å². The highest BCUT2D eigenvalue weighted by atomic mass is 32.1. The van der Waals surface area contributed by atoms with Crippen LogP contribution in [0, 0.1) is 0 Å². The lowest BCUT2D eigenvalue weighted by Crippen LogP contribution is -1.84. The molecule has 1 aromatic carbocycles. The molecule has 0 fully saturated rings. The number of rotatable bonds is 0. The third-order valence-corrected chi connectivity index (χ3v) is 4.01. The molecule has 1 heterocycles. The minimum Gasteiger partial charge on any atom is -0.144 e. The molecule has 0 aliphatic heterocycles. The molecular weight excluding hydrogens is 200 g/mol. The molecule has 0 unspecified atom stereocenters. The number of hydrogen-bond acceptors (Lipinski definition) is 1. The van der Waals surface area contributed by atoms with Crippen LogP contribution in [0.3, 0.4) is 0 Å². The Kier molecular flexibility index (Phi) is 2.00. The zero-order valence-corrected chi connectivity index (χ0v) is 9.47. The maximum absolute atomic E-state index is 2.33. The van der Waals surface area contributed by atoms with Crippen molar-refractivity contribution in [3.05, 3.63) is 52.2 Å². The van der Waals surface area contributed by atoms with Crippen LogP contribution in [0.15, 0.2) is 41.8 Å². The maximum atomic E-state index is 2.33. The molecule has 1 heteroatoms. The third-order valence-electron chi connectivity index (χ3n) is 2.96. The summed E-state index contributed by atoms with van der Waals surface area (Å²) in [6, 6.07) is 10.9. The Labute approximate surface area is 93.9 Å². The highest BCUT2D eigenvalue weighted by molar-refractivity contribution is 7.11. The Balaban J connectivity index is 2.33. The van der Waals surface area contributed by atoms with E-state index >= 15 is 0 Å². The Hall–Kier alpha value is -1.34. The Morgan fingerprint density at radius 2 is 1.93 bits per heavy atom. The number of allylic oxidation sites excluding steroid dienone is 2. The molecular formula is C14H12S. The Morgan fingerprint density at radius 3 is 2.87 bits per heavy atom. The van der Waals surface area contributed by atoms with Gasteiger partial charge in [-0.25, -0.2) is 0 Å². The van der Waals surface area contributed by atoms with Crippen LogP contribution >= 0.6 is 11.3 Å². The summed E-state index contributed by atoms with van der Waals surface area (Å²) >= 11 is 1.84. The molecule has 0 saturated carbocycles. The van der Waals surface area contributed by atoms with Crippen molar-refractivity contribution in [1.29, 1.82) is 0 Å². The smallest absolute Gasteiger partial charge is 0.0374 e. The SMILES string of the molecule is CC1=CCc2ccccc2-c2ccsc21. The second-order valence-electron chi connectivity index (χ2n) is 3.91. The second kappa shape index (κ2) is 3.35. The summed E-state index contributed by atoms with van der Waals surface area (Å²) < 4.78 is 0. The molecule has 0 bridgehead atoms. The summed E-state index contributed by atoms with van der Waals surface area (Å²) in [6.45, 7) is 2.21. The van der Waals surface area contributed by atoms with E-state index in [0.29, 0.717) is 0 Å². The summed E-state index contributed by atoms with van der Waals surface area (Å²) in [5.74, 6) is 0. The lowest BCUT2D eigenvalue weighted by molar-refractivity contribution is 1.28. The molecule has 1 aliphatic carbocycles. The van der Waals surface area contributed by atoms with E-state index < -0.39 is 0 Å². The van der Waals surface area contributed by atoms with Crippen LogP contribution < -0.4 is 0 Å². The van der Waals surface area contributed by atoms with Crippen molar-refractivity contribution in [2.24, 2.45) is 0 Å². The lowest BCUT2D eigenvalue weighted by Gasteiger charge is -2.04. The zero-order valence-electron chi connectivity index (χ0n) is 8.66. The molecule has 0 amide bonds. The average Bonchev–Trinajstić information content (AvgIpc) is 2.71. The van der Waals surface area contributed by atoms with Gasteiger partial charge in [-0.15, -0.1) is 11.3 Å². The summed E-state index contributed by atoms with van der Waals surface area (Å²) in [4.78, 5) is 1.43. The van der Waals surface area contributed by atoms with Crippen LogP contribution in [0.25, 0.3) is 16.7 Å². The first-order valence-electron chi connectivity index (χ1n) is 5.19. The molecule has 74 valence electrons. The van der Waals surface area contributed by atoms with Crippen molar-refractivity contribution in [2.75, 3.05) is 0 Å². The normalized spacial score (nSPS) is 13.8. The molecule has 0 atom stereocenters. The lowest BCUT2D eigenvalue weighted by atomic mass is 10.0. The first-order valence-corrected chi connectivity index (χ1v) is 6.07. The fraction of sp³-hybridized carbons (Fsp3) is 0.143. The van der Waals surface area contributed by atoms with Crippen LogP contribution in [-0.4, -0.2) is 0 Å². The fourth-order valence-corrected chi connectivity index (χ4v) is 3.06. The van der Waals surface area contributed by atoms with Crippen molar-refractivity contribution < 1.29 is 0 Å². The number of fused-ring (bicyclic) bond motifs is 3. The summed E-state index contributed by atoms with van der Waals surface area (Å²) in [5, 5.41) is 2.18. The molecule has 0 nitrogen and oxygen atoms in total. The molecule has 0 radical (unpaired) electrons. The van der Waals surface area contributed by atoms with Gasteiger partial charge in [0.05, 0.1) is 0 Å². The first kappa shape index (κ1) is 8.93. The molecule has 0 saturated heterocycles. The predicted molar refractivity (Wildman–Crippen MR) is 67.1 cm³/mol. The first-order chi connectivity index (χ1) is 7.36. The van der Waals surface area contributed by atoms with Crippen molar-refractivity contribution >= 4 is 16.9 Å². The number of thiophene rings is 1. The molecule has 3 rings (SSSR count). The van der Waals surface area contributed by atoms with Crippen molar-refractivity contribution in [3.63, 3.8) is 0 Å². The van der Waals surface area contributed by atoms with E-state index in [1.807, 2.05) is 11.3 Å². The monoisotopic (exact) mass is 212 g/mol. The van der Waals surface area contributed by atoms with Gasteiger partial charge in [0, 0.05) is 10.4 Å². The van der Waals surface area contributed by atoms with Crippen molar-refractivity contribution in [3.8, 4) is 11.1 Å². The van der Waals surface area contributed by atoms with Gasteiger partial charge >= 0.3 is 0 Å². The molecule has 1 aromatic heterocycles. The maximum Gasteiger partial charge on any atom is 0.0374 e. The molecule has 2 aromatic rings. The van der Waals surface area contributed by atoms with E-state index in [9.17, 15) is 0 Å². The van der Waals surface area contributed by atoms with Crippen LogP contribution in [0.5, 0.6) is 0 Å². The fourth-order valence-electron chi connectivity index (χ4n) is 2.14. The van der Waals surface area contributed by atoms with Crippen LogP contribution in [0.4, 0.5) is 0 Å². The largest absolute Gasteiger partial charge is 0.144 e. The van der Waals surface area contributed by atoms with Crippen LogP contribution in [0.1, 0.15) is 17.4 Å². The van der Waals surface area contributed by atoms with E-state index in [-0.39, 0.29) is 0 Å². The average molecular weight is 212 g/mol. The molecule has 0 spiro atoms. The van der Waals surface area contributed by atoms with Gasteiger partial charge in [0.15, 0.2) is 0 Å². The molecule has 1 aliphatic rings. The van der Waals surface area contributed by atoms with E-state index in [0.717, 1.165) is 6.42 Å². The predicted octanol–water partition coefficient (Wildman–Crippen LogP) is 4.37. The zero-order chi connectivity index (χ0) is 10.3. The standard InChI is InChI=1S/C14H12S/c1-10-6-7-11-4-2-3-5-12(11)13-8-9-15-14(10)13/h2-6,8-9H,7H2,1H3. The minimum absolute atomic E-state index is 1.06. The van der Waals surface area contributed by atoms with Crippen molar-refractivity contribution in [2.45, 2.75) is 13.3 Å². The summed E-state index contributed by atoms with van der Waals surface area (Å²) in [5.41, 5.74) is 5.66. The molecule has 15 heavy (non-hydrogen) atoms. The highest BCUT2D eigenvalue weighted by Gasteiger charge is 2.14. The van der Waals surface area contributed by atoms with Gasteiger partial charge < -0.3 is 0 Å². The Bertz CT molecular complexity index is 532. The number of benzene rings is 1. The van der Waals surface area contributed by atoms with Gasteiger partial charge in [-0.1, -0.05) is 30.3 Å². The van der Waals surface area contributed by atoms with Gasteiger partial charge in [-0.2, -0.15) is 0 Å². The van der Waals surface area contributed by atoms with E-state index in [2.05, 4.69) is 48.7 Å². The minimum atomic E-state index is 1.06. The third kappa shape index (κ3) is 1.35.